The maximum Gasteiger partial charge on any atom is 0.247 e. The number of para-hydroxylation sites is 1. The smallest absolute Gasteiger partial charge is 0.247 e. The molecule has 0 saturated heterocycles. The van der Waals surface area contributed by atoms with Gasteiger partial charge in [0.2, 0.25) is 5.91 Å². The Morgan fingerprint density at radius 1 is 0.840 bits per heavy atom. The molecule has 0 radical (unpaired) electrons. The number of carbonyl (C=O) groups excluding carboxylic acids is 1. The molecule has 3 rings (SSSR count). The average molecular weight is 334 g/mol. The molecule has 0 heterocycles. The van der Waals surface area contributed by atoms with Crippen molar-refractivity contribution in [1.82, 2.24) is 5.32 Å². The Labute approximate surface area is 146 Å². The standard InChI is InChI=1S/C21H19FN2O/c22-19-14-8-7-13-18(19)20(24-17-11-5-2-6-12-17)21(25)23-15-16-9-3-1-4-10-16/h1-14,20,24H,15H2,(H,23,25). The van der Waals surface area contributed by atoms with Crippen LogP contribution in [0.3, 0.4) is 0 Å². The fourth-order valence-corrected chi connectivity index (χ4v) is 2.58. The molecule has 0 aliphatic carbocycles. The monoisotopic (exact) mass is 334 g/mol. The summed E-state index contributed by atoms with van der Waals surface area (Å²) < 4.78 is 14.2. The molecule has 0 saturated carbocycles. The Morgan fingerprint density at radius 3 is 2.12 bits per heavy atom. The van der Waals surface area contributed by atoms with Crippen LogP contribution in [0.25, 0.3) is 0 Å². The second kappa shape index (κ2) is 8.11. The second-order valence-corrected chi connectivity index (χ2v) is 5.67. The predicted octanol–water partition coefficient (Wildman–Crippen LogP) is 4.30. The largest absolute Gasteiger partial charge is 0.370 e. The number of benzene rings is 3. The summed E-state index contributed by atoms with van der Waals surface area (Å²) in [4.78, 5) is 12.7. The first-order valence-electron chi connectivity index (χ1n) is 8.11. The molecule has 1 unspecified atom stereocenters. The number of hydrogen-bond donors (Lipinski definition) is 2. The summed E-state index contributed by atoms with van der Waals surface area (Å²) in [6, 6.07) is 24.4. The van der Waals surface area contributed by atoms with Gasteiger partial charge in [0.05, 0.1) is 0 Å². The van der Waals surface area contributed by atoms with Gasteiger partial charge in [0, 0.05) is 17.8 Å². The van der Waals surface area contributed by atoms with E-state index in [9.17, 15) is 9.18 Å². The summed E-state index contributed by atoms with van der Waals surface area (Å²) in [5.41, 5.74) is 2.06. The second-order valence-electron chi connectivity index (χ2n) is 5.67. The Balaban J connectivity index is 1.80. The zero-order chi connectivity index (χ0) is 17.5. The van der Waals surface area contributed by atoms with Gasteiger partial charge in [-0.25, -0.2) is 4.39 Å². The summed E-state index contributed by atoms with van der Waals surface area (Å²) in [6.45, 7) is 0.390. The van der Waals surface area contributed by atoms with E-state index in [-0.39, 0.29) is 5.91 Å². The van der Waals surface area contributed by atoms with Crippen LogP contribution in [0.4, 0.5) is 10.1 Å². The number of hydrogen-bond acceptors (Lipinski definition) is 2. The van der Waals surface area contributed by atoms with Crippen molar-refractivity contribution < 1.29 is 9.18 Å². The van der Waals surface area contributed by atoms with E-state index in [4.69, 9.17) is 0 Å². The Bertz CT molecular complexity index is 822. The van der Waals surface area contributed by atoms with E-state index in [2.05, 4.69) is 10.6 Å². The van der Waals surface area contributed by atoms with Gasteiger partial charge in [0.25, 0.3) is 0 Å². The molecule has 25 heavy (non-hydrogen) atoms. The maximum atomic E-state index is 14.2. The molecule has 0 aliphatic heterocycles. The van der Waals surface area contributed by atoms with E-state index in [1.54, 1.807) is 18.2 Å². The minimum absolute atomic E-state index is 0.280. The molecule has 3 aromatic rings. The minimum Gasteiger partial charge on any atom is -0.370 e. The average Bonchev–Trinajstić information content (AvgIpc) is 2.66. The highest BCUT2D eigenvalue weighted by Gasteiger charge is 2.23. The molecule has 1 atom stereocenters. The molecule has 3 nitrogen and oxygen atoms in total. The molecule has 126 valence electrons. The first kappa shape index (κ1) is 16.7. The molecule has 4 heteroatoms. The summed E-state index contributed by atoms with van der Waals surface area (Å²) in [6.07, 6.45) is 0. The molecule has 2 N–H and O–H groups in total. The predicted molar refractivity (Wildman–Crippen MR) is 97.5 cm³/mol. The lowest BCUT2D eigenvalue weighted by molar-refractivity contribution is -0.122. The summed E-state index contributed by atoms with van der Waals surface area (Å²) in [5, 5.41) is 6.00. The molecule has 0 aliphatic rings. The van der Waals surface area contributed by atoms with Gasteiger partial charge in [0.15, 0.2) is 0 Å². The number of amides is 1. The lowest BCUT2D eigenvalue weighted by Crippen LogP contribution is -2.33. The van der Waals surface area contributed by atoms with E-state index < -0.39 is 11.9 Å². The van der Waals surface area contributed by atoms with Crippen LogP contribution < -0.4 is 10.6 Å². The van der Waals surface area contributed by atoms with Crippen molar-refractivity contribution >= 4 is 11.6 Å². The van der Waals surface area contributed by atoms with Crippen molar-refractivity contribution in [2.75, 3.05) is 5.32 Å². The fourth-order valence-electron chi connectivity index (χ4n) is 2.58. The van der Waals surface area contributed by atoms with Gasteiger partial charge >= 0.3 is 0 Å². The summed E-state index contributed by atoms with van der Waals surface area (Å²) in [5.74, 6) is -0.691. The van der Waals surface area contributed by atoms with Crippen LogP contribution in [-0.2, 0) is 11.3 Å². The maximum absolute atomic E-state index is 14.2. The highest BCUT2D eigenvalue weighted by atomic mass is 19.1. The van der Waals surface area contributed by atoms with Gasteiger partial charge in [-0.1, -0.05) is 66.7 Å². The number of carbonyl (C=O) groups is 1. The van der Waals surface area contributed by atoms with Gasteiger partial charge in [-0.2, -0.15) is 0 Å². The molecular formula is C21H19FN2O. The molecule has 0 fully saturated rings. The minimum atomic E-state index is -0.813. The zero-order valence-electron chi connectivity index (χ0n) is 13.7. The Morgan fingerprint density at radius 2 is 1.44 bits per heavy atom. The third-order valence-corrected chi connectivity index (χ3v) is 3.87. The van der Waals surface area contributed by atoms with E-state index >= 15 is 0 Å². The van der Waals surface area contributed by atoms with Crippen molar-refractivity contribution in [2.45, 2.75) is 12.6 Å². The van der Waals surface area contributed by atoms with Crippen LogP contribution in [0.15, 0.2) is 84.9 Å². The summed E-state index contributed by atoms with van der Waals surface area (Å²) >= 11 is 0. The number of anilines is 1. The van der Waals surface area contributed by atoms with Crippen molar-refractivity contribution in [2.24, 2.45) is 0 Å². The number of rotatable bonds is 6. The first-order chi connectivity index (χ1) is 12.2. The van der Waals surface area contributed by atoms with Gasteiger partial charge in [-0.05, 0) is 23.8 Å². The highest BCUT2D eigenvalue weighted by Crippen LogP contribution is 2.22. The van der Waals surface area contributed by atoms with Crippen molar-refractivity contribution in [3.05, 3.63) is 102 Å². The van der Waals surface area contributed by atoms with Crippen molar-refractivity contribution in [3.63, 3.8) is 0 Å². The summed E-state index contributed by atoms with van der Waals surface area (Å²) in [7, 11) is 0. The van der Waals surface area contributed by atoms with E-state index in [0.29, 0.717) is 12.1 Å². The number of halogens is 1. The molecule has 1 amide bonds. The first-order valence-corrected chi connectivity index (χ1v) is 8.11. The Hall–Kier alpha value is -3.14. The molecule has 0 bridgehead atoms. The van der Waals surface area contributed by atoms with Crippen molar-refractivity contribution in [3.8, 4) is 0 Å². The molecule has 3 aromatic carbocycles. The van der Waals surface area contributed by atoms with Crippen LogP contribution >= 0.6 is 0 Å². The van der Waals surface area contributed by atoms with Crippen LogP contribution in [0, 0.1) is 5.82 Å². The SMILES string of the molecule is O=C(NCc1ccccc1)C(Nc1ccccc1)c1ccccc1F. The lowest BCUT2D eigenvalue weighted by atomic mass is 10.0. The van der Waals surface area contributed by atoms with E-state index in [0.717, 1.165) is 11.3 Å². The zero-order valence-corrected chi connectivity index (χ0v) is 13.7. The highest BCUT2D eigenvalue weighted by molar-refractivity contribution is 5.86. The van der Waals surface area contributed by atoms with E-state index in [1.165, 1.54) is 6.07 Å². The van der Waals surface area contributed by atoms with Gasteiger partial charge in [-0.3, -0.25) is 4.79 Å². The van der Waals surface area contributed by atoms with Crippen LogP contribution in [0.5, 0.6) is 0 Å². The van der Waals surface area contributed by atoms with Crippen LogP contribution in [0.1, 0.15) is 17.2 Å². The molecule has 0 spiro atoms. The fraction of sp³-hybridized carbons (Fsp3) is 0.0952. The van der Waals surface area contributed by atoms with Crippen LogP contribution in [0.2, 0.25) is 0 Å². The number of nitrogens with one attached hydrogen (secondary N) is 2. The normalized spacial score (nSPS) is 11.6. The van der Waals surface area contributed by atoms with E-state index in [1.807, 2.05) is 60.7 Å². The van der Waals surface area contributed by atoms with Gasteiger partial charge < -0.3 is 10.6 Å². The lowest BCUT2D eigenvalue weighted by Gasteiger charge is -2.20. The third-order valence-electron chi connectivity index (χ3n) is 3.87. The quantitative estimate of drug-likeness (QED) is 0.706. The Kier molecular flexibility index (Phi) is 5.42. The topological polar surface area (TPSA) is 41.1 Å². The van der Waals surface area contributed by atoms with Gasteiger partial charge in [-0.15, -0.1) is 0 Å². The molecular weight excluding hydrogens is 315 g/mol. The third kappa shape index (κ3) is 4.44. The molecule has 0 aromatic heterocycles. The van der Waals surface area contributed by atoms with Crippen LogP contribution in [-0.4, -0.2) is 5.91 Å². The van der Waals surface area contributed by atoms with Crippen molar-refractivity contribution in [1.29, 1.82) is 0 Å². The van der Waals surface area contributed by atoms with Gasteiger partial charge in [0.1, 0.15) is 11.9 Å².